The predicted octanol–water partition coefficient (Wildman–Crippen LogP) is 3.82. The van der Waals surface area contributed by atoms with Gasteiger partial charge in [-0.15, -0.1) is 0 Å². The molecule has 2 aromatic rings. The molecule has 7 nitrogen and oxygen atoms in total. The molecule has 2 amide bonds. The number of nitrogens with one attached hydrogen (secondary N) is 2. The number of alkyl carbamates (subject to hydrolysis) is 1. The van der Waals surface area contributed by atoms with Crippen LogP contribution in [0.4, 0.5) is 4.79 Å². The summed E-state index contributed by atoms with van der Waals surface area (Å²) in [4.78, 5) is 36.9. The third-order valence-corrected chi connectivity index (χ3v) is 6.51. The molecular formula is C25H28N2O5. The molecule has 0 unspecified atom stereocenters. The zero-order valence-corrected chi connectivity index (χ0v) is 18.1. The summed E-state index contributed by atoms with van der Waals surface area (Å²) < 4.78 is 5.54. The molecule has 3 N–H and O–H groups in total. The number of carbonyl (C=O) groups excluding carboxylic acids is 2. The van der Waals surface area contributed by atoms with Crippen molar-refractivity contribution in [3.05, 3.63) is 59.7 Å². The molecule has 4 rings (SSSR count). The van der Waals surface area contributed by atoms with Crippen LogP contribution in [0.2, 0.25) is 0 Å². The van der Waals surface area contributed by atoms with Gasteiger partial charge in [0.2, 0.25) is 5.91 Å². The number of carbonyl (C=O) groups is 3. The first-order chi connectivity index (χ1) is 15.4. The van der Waals surface area contributed by atoms with Crippen LogP contribution in [0.3, 0.4) is 0 Å². The third-order valence-electron chi connectivity index (χ3n) is 6.51. The molecule has 0 heterocycles. The van der Waals surface area contributed by atoms with Gasteiger partial charge in [0, 0.05) is 5.92 Å². The van der Waals surface area contributed by atoms with Crippen LogP contribution in [0.15, 0.2) is 48.5 Å². The molecule has 0 aliphatic heterocycles. The maximum Gasteiger partial charge on any atom is 0.407 e. The molecule has 1 saturated carbocycles. The zero-order valence-electron chi connectivity index (χ0n) is 18.1. The van der Waals surface area contributed by atoms with E-state index < -0.39 is 29.6 Å². The van der Waals surface area contributed by atoms with Crippen LogP contribution < -0.4 is 10.6 Å². The van der Waals surface area contributed by atoms with Crippen molar-refractivity contribution in [1.82, 2.24) is 10.6 Å². The standard InChI is InChI=1S/C25H28N2O5/c1-2-8-21(22(28)27-25(23(29)30)13-7-14-25)26-24(31)32-15-20-18-11-5-3-9-16(18)17-10-4-6-12-19(17)20/h3-6,9-12,20-21H,2,7-8,13-15H2,1H3,(H,26,31)(H,27,28)(H,29,30)/t21-/m0/s1. The van der Waals surface area contributed by atoms with Gasteiger partial charge < -0.3 is 20.5 Å². The Bertz CT molecular complexity index is 985. The molecule has 1 fully saturated rings. The summed E-state index contributed by atoms with van der Waals surface area (Å²) >= 11 is 0. The molecule has 32 heavy (non-hydrogen) atoms. The second-order valence-electron chi connectivity index (χ2n) is 8.54. The molecule has 0 radical (unpaired) electrons. The molecule has 0 bridgehead atoms. The van der Waals surface area contributed by atoms with Crippen molar-refractivity contribution in [2.75, 3.05) is 6.61 Å². The minimum absolute atomic E-state index is 0.0724. The molecule has 0 saturated heterocycles. The van der Waals surface area contributed by atoms with Gasteiger partial charge in [0.1, 0.15) is 18.2 Å². The van der Waals surface area contributed by atoms with Crippen LogP contribution in [0, 0.1) is 0 Å². The lowest BCUT2D eigenvalue weighted by Crippen LogP contribution is -2.62. The number of carboxylic acids is 1. The average molecular weight is 437 g/mol. The Hall–Kier alpha value is -3.35. The van der Waals surface area contributed by atoms with Crippen LogP contribution in [0.25, 0.3) is 11.1 Å². The zero-order chi connectivity index (χ0) is 22.7. The maximum atomic E-state index is 12.7. The van der Waals surface area contributed by atoms with Crippen molar-refractivity contribution < 1.29 is 24.2 Å². The van der Waals surface area contributed by atoms with Crippen LogP contribution in [0.5, 0.6) is 0 Å². The quantitative estimate of drug-likeness (QED) is 0.584. The Labute approximate surface area is 187 Å². The monoisotopic (exact) mass is 436 g/mol. The van der Waals surface area contributed by atoms with Gasteiger partial charge in [-0.25, -0.2) is 9.59 Å². The van der Waals surface area contributed by atoms with Crippen molar-refractivity contribution in [2.45, 2.75) is 56.5 Å². The molecular weight excluding hydrogens is 408 g/mol. The third kappa shape index (κ3) is 4.07. The van der Waals surface area contributed by atoms with Crippen LogP contribution >= 0.6 is 0 Å². The highest BCUT2D eigenvalue weighted by molar-refractivity contribution is 5.91. The second kappa shape index (κ2) is 9.02. The molecule has 2 aromatic carbocycles. The molecule has 1 atom stereocenters. The highest BCUT2D eigenvalue weighted by Gasteiger charge is 2.46. The first kappa shape index (κ1) is 21.9. The van der Waals surface area contributed by atoms with Crippen molar-refractivity contribution >= 4 is 18.0 Å². The van der Waals surface area contributed by atoms with E-state index in [9.17, 15) is 19.5 Å². The van der Waals surface area contributed by atoms with Crippen LogP contribution in [-0.4, -0.2) is 41.3 Å². The van der Waals surface area contributed by atoms with E-state index in [1.807, 2.05) is 43.3 Å². The molecule has 2 aliphatic carbocycles. The lowest BCUT2D eigenvalue weighted by atomic mass is 9.76. The Morgan fingerprint density at radius 3 is 2.16 bits per heavy atom. The van der Waals surface area contributed by atoms with Gasteiger partial charge in [-0.2, -0.15) is 0 Å². The Kier molecular flexibility index (Phi) is 6.17. The van der Waals surface area contributed by atoms with E-state index in [4.69, 9.17) is 4.74 Å². The summed E-state index contributed by atoms with van der Waals surface area (Å²) in [5.74, 6) is -1.59. The highest BCUT2D eigenvalue weighted by atomic mass is 16.5. The number of hydrogen-bond donors (Lipinski definition) is 3. The molecule has 0 spiro atoms. The van der Waals surface area contributed by atoms with Crippen molar-refractivity contribution in [2.24, 2.45) is 0 Å². The average Bonchev–Trinajstić information content (AvgIpc) is 3.08. The van der Waals surface area contributed by atoms with Gasteiger partial charge in [0.05, 0.1) is 0 Å². The lowest BCUT2D eigenvalue weighted by molar-refractivity contribution is -0.152. The fourth-order valence-corrected chi connectivity index (χ4v) is 4.59. The minimum atomic E-state index is -1.22. The topological polar surface area (TPSA) is 105 Å². The summed E-state index contributed by atoms with van der Waals surface area (Å²) in [5.41, 5.74) is 3.28. The van der Waals surface area contributed by atoms with Gasteiger partial charge >= 0.3 is 12.1 Å². The number of hydrogen-bond acceptors (Lipinski definition) is 4. The van der Waals surface area contributed by atoms with Gasteiger partial charge in [0.15, 0.2) is 0 Å². The number of fused-ring (bicyclic) bond motifs is 3. The molecule has 2 aliphatic rings. The maximum absolute atomic E-state index is 12.7. The Balaban J connectivity index is 1.40. The van der Waals surface area contributed by atoms with Crippen LogP contribution in [0.1, 0.15) is 56.1 Å². The number of aliphatic carboxylic acids is 1. The van der Waals surface area contributed by atoms with Crippen molar-refractivity contribution in [3.8, 4) is 11.1 Å². The number of amides is 2. The molecule has 0 aromatic heterocycles. The minimum Gasteiger partial charge on any atom is -0.480 e. The van der Waals surface area contributed by atoms with E-state index in [2.05, 4.69) is 22.8 Å². The smallest absolute Gasteiger partial charge is 0.407 e. The number of carboxylic acid groups (broad SMARTS) is 1. The van der Waals surface area contributed by atoms with Gasteiger partial charge in [-0.1, -0.05) is 61.9 Å². The number of benzene rings is 2. The summed E-state index contributed by atoms with van der Waals surface area (Å²) in [5, 5.41) is 14.7. The largest absolute Gasteiger partial charge is 0.480 e. The van der Waals surface area contributed by atoms with Crippen molar-refractivity contribution in [1.29, 1.82) is 0 Å². The van der Waals surface area contributed by atoms with Gasteiger partial charge in [-0.3, -0.25) is 4.79 Å². The summed E-state index contributed by atoms with van der Waals surface area (Å²) in [6.07, 6.45) is 1.92. The fourth-order valence-electron chi connectivity index (χ4n) is 4.59. The van der Waals surface area contributed by atoms with E-state index in [1.165, 1.54) is 0 Å². The Morgan fingerprint density at radius 1 is 1.06 bits per heavy atom. The van der Waals surface area contributed by atoms with Gasteiger partial charge in [-0.05, 0) is 47.9 Å². The molecule has 168 valence electrons. The predicted molar refractivity (Wildman–Crippen MR) is 119 cm³/mol. The summed E-state index contributed by atoms with van der Waals surface area (Å²) in [6, 6.07) is 15.3. The second-order valence-corrected chi connectivity index (χ2v) is 8.54. The number of rotatable bonds is 8. The number of ether oxygens (including phenoxy) is 1. The SMILES string of the molecule is CCC[C@H](NC(=O)OCC1c2ccccc2-c2ccccc21)C(=O)NC1(C(=O)O)CCC1. The van der Waals surface area contributed by atoms with Gasteiger partial charge in [0.25, 0.3) is 0 Å². The fraction of sp³-hybridized carbons (Fsp3) is 0.400. The first-order valence-electron chi connectivity index (χ1n) is 11.1. The van der Waals surface area contributed by atoms with E-state index >= 15 is 0 Å². The van der Waals surface area contributed by atoms with E-state index in [0.717, 1.165) is 28.7 Å². The molecule has 7 heteroatoms. The highest BCUT2D eigenvalue weighted by Crippen LogP contribution is 2.44. The van der Waals surface area contributed by atoms with Crippen LogP contribution in [-0.2, 0) is 14.3 Å². The van der Waals surface area contributed by atoms with E-state index in [0.29, 0.717) is 25.7 Å². The van der Waals surface area contributed by atoms with Crippen molar-refractivity contribution in [3.63, 3.8) is 0 Å². The summed E-state index contributed by atoms with van der Waals surface area (Å²) in [7, 11) is 0. The van der Waals surface area contributed by atoms with E-state index in [1.54, 1.807) is 0 Å². The lowest BCUT2D eigenvalue weighted by Gasteiger charge is -2.39. The summed E-state index contributed by atoms with van der Waals surface area (Å²) in [6.45, 7) is 2.05. The first-order valence-corrected chi connectivity index (χ1v) is 11.1. The Morgan fingerprint density at radius 2 is 1.66 bits per heavy atom. The normalized spacial score (nSPS) is 16.8. The van der Waals surface area contributed by atoms with E-state index in [-0.39, 0.29) is 12.5 Å².